The molecule has 0 unspecified atom stereocenters. The Morgan fingerprint density at radius 2 is 1.74 bits per heavy atom. The molecule has 0 radical (unpaired) electrons. The van der Waals surface area contributed by atoms with Gasteiger partial charge in [-0.05, 0) is 49.7 Å². The van der Waals surface area contributed by atoms with Crippen LogP contribution in [0, 0.1) is 13.8 Å². The van der Waals surface area contributed by atoms with Crippen molar-refractivity contribution in [3.8, 4) is 22.8 Å². The van der Waals surface area contributed by atoms with Gasteiger partial charge in [-0.3, -0.25) is 4.79 Å². The minimum absolute atomic E-state index is 0.176. The highest BCUT2D eigenvalue weighted by molar-refractivity contribution is 6.32. The highest BCUT2D eigenvalue weighted by atomic mass is 35.5. The average Bonchev–Trinajstić information content (AvgIpc) is 2.77. The topological polar surface area (TPSA) is 65.7 Å². The maximum atomic E-state index is 13.3. The summed E-state index contributed by atoms with van der Waals surface area (Å²) >= 11 is 6.22. The maximum absolute atomic E-state index is 13.3. The molecule has 0 spiro atoms. The highest BCUT2D eigenvalue weighted by Gasteiger charge is 2.22. The number of carbonyl (C=O) groups excluding carboxylic acids is 1. The van der Waals surface area contributed by atoms with E-state index in [4.69, 9.17) is 25.5 Å². The van der Waals surface area contributed by atoms with Gasteiger partial charge in [0.25, 0.3) is 0 Å². The van der Waals surface area contributed by atoms with E-state index in [0.29, 0.717) is 21.9 Å². The second-order valence-corrected chi connectivity index (χ2v) is 7.58. The summed E-state index contributed by atoms with van der Waals surface area (Å²) in [4.78, 5) is 26.2. The first-order valence-electron chi connectivity index (χ1n) is 9.57. The van der Waals surface area contributed by atoms with E-state index < -0.39 is 11.4 Å². The lowest BCUT2D eigenvalue weighted by Gasteiger charge is -2.12. The molecule has 0 atom stereocenters. The van der Waals surface area contributed by atoms with Crippen LogP contribution < -0.4 is 14.9 Å². The Balaban J connectivity index is 1.90. The third-order valence-electron chi connectivity index (χ3n) is 4.94. The second-order valence-electron chi connectivity index (χ2n) is 7.17. The lowest BCUT2D eigenvalue weighted by Crippen LogP contribution is -2.16. The molecule has 156 valence electrons. The number of methoxy groups -OCH3 is 1. The summed E-state index contributed by atoms with van der Waals surface area (Å²) in [7, 11) is 1.50. The van der Waals surface area contributed by atoms with E-state index in [2.05, 4.69) is 0 Å². The average molecular weight is 435 g/mol. The summed E-state index contributed by atoms with van der Waals surface area (Å²) < 4.78 is 16.8. The van der Waals surface area contributed by atoms with Gasteiger partial charge in [0.1, 0.15) is 11.3 Å². The highest BCUT2D eigenvalue weighted by Crippen LogP contribution is 2.33. The fourth-order valence-electron chi connectivity index (χ4n) is 3.19. The van der Waals surface area contributed by atoms with Crippen molar-refractivity contribution in [3.63, 3.8) is 0 Å². The zero-order valence-corrected chi connectivity index (χ0v) is 17.9. The van der Waals surface area contributed by atoms with Crippen LogP contribution in [0.2, 0.25) is 5.02 Å². The van der Waals surface area contributed by atoms with Crippen molar-refractivity contribution in [1.29, 1.82) is 0 Å². The van der Waals surface area contributed by atoms with Crippen LogP contribution in [0.4, 0.5) is 0 Å². The van der Waals surface area contributed by atoms with Gasteiger partial charge in [-0.1, -0.05) is 47.5 Å². The smallest absolute Gasteiger partial charge is 0.343 e. The van der Waals surface area contributed by atoms with Gasteiger partial charge >= 0.3 is 5.97 Å². The van der Waals surface area contributed by atoms with Crippen LogP contribution in [-0.4, -0.2) is 13.1 Å². The molecule has 0 aliphatic rings. The molecule has 1 heterocycles. The van der Waals surface area contributed by atoms with Gasteiger partial charge in [-0.25, -0.2) is 4.79 Å². The summed E-state index contributed by atoms with van der Waals surface area (Å²) in [5.74, 6) is -0.210. The molecule has 0 amide bonds. The van der Waals surface area contributed by atoms with Gasteiger partial charge in [0.15, 0.2) is 5.76 Å². The first-order valence-corrected chi connectivity index (χ1v) is 9.95. The number of aryl methyl sites for hydroxylation is 2. The normalized spacial score (nSPS) is 10.8. The van der Waals surface area contributed by atoms with Crippen LogP contribution in [0.3, 0.4) is 0 Å². The Hall–Kier alpha value is -3.57. The lowest BCUT2D eigenvalue weighted by atomic mass is 10.1. The van der Waals surface area contributed by atoms with E-state index in [1.165, 1.54) is 19.2 Å². The summed E-state index contributed by atoms with van der Waals surface area (Å²) in [5, 5.41) is 0.660. The van der Waals surface area contributed by atoms with Crippen molar-refractivity contribution in [3.05, 3.63) is 92.6 Å². The van der Waals surface area contributed by atoms with E-state index in [-0.39, 0.29) is 22.5 Å². The van der Waals surface area contributed by atoms with Gasteiger partial charge in [-0.15, -0.1) is 0 Å². The molecule has 4 rings (SSSR count). The molecule has 1 aromatic heterocycles. The van der Waals surface area contributed by atoms with E-state index in [0.717, 1.165) is 11.1 Å². The van der Waals surface area contributed by atoms with E-state index in [1.54, 1.807) is 24.3 Å². The Morgan fingerprint density at radius 3 is 2.45 bits per heavy atom. The standard InChI is InChI=1S/C25H19ClO5/c1-14-7-9-16(10-8-14)23-24(31-25(28)17-5-4-6-18(12-17)29-3)22(27)19-13-20(26)15(2)11-21(19)30-23/h4-13H,1-3H3. The summed E-state index contributed by atoms with van der Waals surface area (Å²) in [6.07, 6.45) is 0. The van der Waals surface area contributed by atoms with Crippen LogP contribution in [0.1, 0.15) is 21.5 Å². The Kier molecular flexibility index (Phi) is 5.53. The monoisotopic (exact) mass is 434 g/mol. The second kappa shape index (κ2) is 8.28. The fraction of sp³-hybridized carbons (Fsp3) is 0.120. The Labute approximate surface area is 183 Å². The lowest BCUT2D eigenvalue weighted by molar-refractivity contribution is 0.0731. The number of halogens is 1. The van der Waals surface area contributed by atoms with Crippen molar-refractivity contribution < 1.29 is 18.7 Å². The molecule has 0 bridgehead atoms. The first-order chi connectivity index (χ1) is 14.9. The van der Waals surface area contributed by atoms with Crippen LogP contribution in [0.25, 0.3) is 22.3 Å². The third-order valence-corrected chi connectivity index (χ3v) is 5.35. The number of fused-ring (bicyclic) bond motifs is 1. The quantitative estimate of drug-likeness (QED) is 0.371. The number of hydrogen-bond acceptors (Lipinski definition) is 5. The van der Waals surface area contributed by atoms with Crippen LogP contribution >= 0.6 is 11.6 Å². The molecular formula is C25H19ClO5. The van der Waals surface area contributed by atoms with Crippen molar-refractivity contribution in [1.82, 2.24) is 0 Å². The molecule has 0 fully saturated rings. The Morgan fingerprint density at radius 1 is 1.00 bits per heavy atom. The van der Waals surface area contributed by atoms with E-state index in [9.17, 15) is 9.59 Å². The first kappa shape index (κ1) is 20.7. The predicted octanol–water partition coefficient (Wildman–Crippen LogP) is 5.96. The molecule has 4 aromatic rings. The molecule has 6 heteroatoms. The van der Waals surface area contributed by atoms with E-state index >= 15 is 0 Å². The Bertz CT molecular complexity index is 1350. The summed E-state index contributed by atoms with van der Waals surface area (Å²) in [5.41, 5.74) is 2.57. The fourth-order valence-corrected chi connectivity index (χ4v) is 3.35. The number of esters is 1. The van der Waals surface area contributed by atoms with Crippen LogP contribution in [-0.2, 0) is 0 Å². The predicted molar refractivity (Wildman–Crippen MR) is 120 cm³/mol. The molecule has 0 N–H and O–H groups in total. The molecular weight excluding hydrogens is 416 g/mol. The summed E-state index contributed by atoms with van der Waals surface area (Å²) in [6.45, 7) is 3.78. The minimum Gasteiger partial charge on any atom is -0.497 e. The third kappa shape index (κ3) is 4.05. The van der Waals surface area contributed by atoms with Gasteiger partial charge in [0.05, 0.1) is 18.1 Å². The van der Waals surface area contributed by atoms with Crippen LogP contribution in [0.15, 0.2) is 69.9 Å². The zero-order chi connectivity index (χ0) is 22.1. The summed E-state index contributed by atoms with van der Waals surface area (Å²) in [6, 6.07) is 17.1. The molecule has 0 aliphatic carbocycles. The molecule has 3 aromatic carbocycles. The molecule has 0 aliphatic heterocycles. The van der Waals surface area contributed by atoms with E-state index in [1.807, 2.05) is 38.1 Å². The maximum Gasteiger partial charge on any atom is 0.343 e. The SMILES string of the molecule is COc1cccc(C(=O)Oc2c(-c3ccc(C)cc3)oc3cc(C)c(Cl)cc3c2=O)c1. The van der Waals surface area contributed by atoms with Crippen molar-refractivity contribution in [2.24, 2.45) is 0 Å². The number of benzene rings is 3. The molecule has 31 heavy (non-hydrogen) atoms. The van der Waals surface area contributed by atoms with Gasteiger partial charge < -0.3 is 13.9 Å². The van der Waals surface area contributed by atoms with Gasteiger partial charge in [0.2, 0.25) is 11.2 Å². The van der Waals surface area contributed by atoms with Gasteiger partial charge in [0, 0.05) is 10.6 Å². The molecule has 5 nitrogen and oxygen atoms in total. The number of hydrogen-bond donors (Lipinski definition) is 0. The largest absolute Gasteiger partial charge is 0.497 e. The van der Waals surface area contributed by atoms with Crippen molar-refractivity contribution in [2.45, 2.75) is 13.8 Å². The number of carbonyl (C=O) groups is 1. The molecule has 0 saturated heterocycles. The van der Waals surface area contributed by atoms with Crippen LogP contribution in [0.5, 0.6) is 11.5 Å². The number of ether oxygens (including phenoxy) is 2. The van der Waals surface area contributed by atoms with Gasteiger partial charge in [-0.2, -0.15) is 0 Å². The van der Waals surface area contributed by atoms with Crippen molar-refractivity contribution >= 4 is 28.5 Å². The molecule has 0 saturated carbocycles. The zero-order valence-electron chi connectivity index (χ0n) is 17.2. The number of rotatable bonds is 4. The van der Waals surface area contributed by atoms with Crippen molar-refractivity contribution in [2.75, 3.05) is 7.11 Å². The minimum atomic E-state index is -0.697.